The number of aromatic nitrogens is 2. The zero-order valence-corrected chi connectivity index (χ0v) is 13.7. The van der Waals surface area contributed by atoms with Crippen LogP contribution in [0.1, 0.15) is 45.0 Å². The number of aryl methyl sites for hydroxylation is 1. The van der Waals surface area contributed by atoms with Crippen LogP contribution in [0.25, 0.3) is 0 Å². The summed E-state index contributed by atoms with van der Waals surface area (Å²) in [7, 11) is 4.19. The van der Waals surface area contributed by atoms with Crippen LogP contribution in [0.5, 0.6) is 0 Å². The first kappa shape index (κ1) is 16.0. The number of carbonyl (C=O) groups excluding carboxylic acids is 1. The highest BCUT2D eigenvalue weighted by atomic mass is 16.2. The number of rotatable bonds is 5. The van der Waals surface area contributed by atoms with E-state index in [0.717, 1.165) is 31.8 Å². The number of amides is 1. The molecule has 0 unspecified atom stereocenters. The number of likely N-dealkylation sites (tertiary alicyclic amines) is 1. The van der Waals surface area contributed by atoms with Gasteiger partial charge >= 0.3 is 0 Å². The maximum absolute atomic E-state index is 12.4. The Hall–Kier alpha value is -1.36. The highest BCUT2D eigenvalue weighted by molar-refractivity contribution is 5.76. The summed E-state index contributed by atoms with van der Waals surface area (Å²) in [4.78, 5) is 21.0. The van der Waals surface area contributed by atoms with Crippen molar-refractivity contribution in [1.82, 2.24) is 19.4 Å². The Labute approximate surface area is 127 Å². The predicted octanol–water partition coefficient (Wildman–Crippen LogP) is 1.95. The zero-order valence-electron chi connectivity index (χ0n) is 13.7. The maximum Gasteiger partial charge on any atom is 0.223 e. The molecule has 0 aromatic carbocycles. The molecular weight excluding hydrogens is 264 g/mol. The van der Waals surface area contributed by atoms with E-state index in [0.29, 0.717) is 18.5 Å². The third-order valence-electron chi connectivity index (χ3n) is 4.35. The van der Waals surface area contributed by atoms with E-state index in [4.69, 9.17) is 0 Å². The van der Waals surface area contributed by atoms with Crippen LogP contribution in [0.2, 0.25) is 0 Å². The third-order valence-corrected chi connectivity index (χ3v) is 4.35. The van der Waals surface area contributed by atoms with Crippen LogP contribution in [-0.4, -0.2) is 58.5 Å². The lowest BCUT2D eigenvalue weighted by atomic mass is 10.0. The molecule has 5 nitrogen and oxygen atoms in total. The number of likely N-dealkylation sites (N-methyl/N-ethyl adjacent to an activating group) is 1. The summed E-state index contributed by atoms with van der Waals surface area (Å²) in [5.74, 6) is 1.28. The van der Waals surface area contributed by atoms with Gasteiger partial charge in [0.1, 0.15) is 5.82 Å². The molecule has 0 saturated carbocycles. The normalized spacial score (nSPS) is 19.5. The molecule has 0 bridgehead atoms. The highest BCUT2D eigenvalue weighted by Crippen LogP contribution is 2.16. The van der Waals surface area contributed by atoms with Gasteiger partial charge in [-0.05, 0) is 40.8 Å². The molecule has 1 amide bonds. The molecule has 1 aromatic rings. The quantitative estimate of drug-likeness (QED) is 0.833. The topological polar surface area (TPSA) is 41.4 Å². The van der Waals surface area contributed by atoms with Gasteiger partial charge in [0.2, 0.25) is 5.91 Å². The highest BCUT2D eigenvalue weighted by Gasteiger charge is 2.24. The fraction of sp³-hybridized carbons (Fsp3) is 0.750. The van der Waals surface area contributed by atoms with Crippen LogP contribution in [-0.2, 0) is 11.2 Å². The number of carbonyl (C=O) groups is 1. The minimum atomic E-state index is 0.264. The Bertz CT molecular complexity index is 467. The predicted molar refractivity (Wildman–Crippen MR) is 84.2 cm³/mol. The van der Waals surface area contributed by atoms with Crippen LogP contribution in [0.4, 0.5) is 0 Å². The van der Waals surface area contributed by atoms with Crippen molar-refractivity contribution in [3.8, 4) is 0 Å². The Kier molecular flexibility index (Phi) is 5.39. The average molecular weight is 292 g/mol. The lowest BCUT2D eigenvalue weighted by Crippen LogP contribution is -2.47. The molecular formula is C16H28N4O. The van der Waals surface area contributed by atoms with Crippen molar-refractivity contribution in [2.75, 3.05) is 27.2 Å². The van der Waals surface area contributed by atoms with Gasteiger partial charge in [0.25, 0.3) is 0 Å². The minimum Gasteiger partial charge on any atom is -0.341 e. The van der Waals surface area contributed by atoms with Crippen molar-refractivity contribution in [3.63, 3.8) is 0 Å². The Balaban J connectivity index is 1.88. The van der Waals surface area contributed by atoms with E-state index >= 15 is 0 Å². The lowest BCUT2D eigenvalue weighted by Gasteiger charge is -2.36. The molecule has 0 N–H and O–H groups in total. The Morgan fingerprint density at radius 1 is 1.48 bits per heavy atom. The first-order valence-corrected chi connectivity index (χ1v) is 7.95. The van der Waals surface area contributed by atoms with Gasteiger partial charge in [-0.3, -0.25) is 4.79 Å². The second-order valence-electron chi connectivity index (χ2n) is 6.44. The fourth-order valence-corrected chi connectivity index (χ4v) is 2.99. The molecule has 1 saturated heterocycles. The summed E-state index contributed by atoms with van der Waals surface area (Å²) in [6.07, 6.45) is 7.40. The first-order chi connectivity index (χ1) is 9.99. The van der Waals surface area contributed by atoms with E-state index in [1.807, 2.05) is 17.3 Å². The largest absolute Gasteiger partial charge is 0.341 e. The SMILES string of the molecule is CC(C)n1ccnc1CCC(=O)N1CCC[C@H](N(C)C)C1. The molecule has 0 spiro atoms. The Morgan fingerprint density at radius 3 is 2.90 bits per heavy atom. The van der Waals surface area contributed by atoms with Crippen LogP contribution < -0.4 is 0 Å². The third kappa shape index (κ3) is 4.06. The fourth-order valence-electron chi connectivity index (χ4n) is 2.99. The number of imidazole rings is 1. The summed E-state index contributed by atoms with van der Waals surface area (Å²) in [6.45, 7) is 6.05. The van der Waals surface area contributed by atoms with Gasteiger partial charge < -0.3 is 14.4 Å². The van der Waals surface area contributed by atoms with Gasteiger partial charge in [0, 0.05) is 50.4 Å². The second kappa shape index (κ2) is 7.07. The summed E-state index contributed by atoms with van der Waals surface area (Å²) in [5.41, 5.74) is 0. The summed E-state index contributed by atoms with van der Waals surface area (Å²) >= 11 is 0. The van der Waals surface area contributed by atoms with Crippen molar-refractivity contribution in [2.24, 2.45) is 0 Å². The van der Waals surface area contributed by atoms with Gasteiger partial charge in [-0.25, -0.2) is 4.98 Å². The molecule has 1 fully saturated rings. The van der Waals surface area contributed by atoms with E-state index in [1.165, 1.54) is 6.42 Å². The van der Waals surface area contributed by atoms with Gasteiger partial charge in [0.15, 0.2) is 0 Å². The van der Waals surface area contributed by atoms with Crippen molar-refractivity contribution in [2.45, 2.75) is 51.6 Å². The molecule has 0 aliphatic carbocycles. The summed E-state index contributed by atoms with van der Waals surface area (Å²) in [5, 5.41) is 0. The molecule has 0 radical (unpaired) electrons. The number of piperidine rings is 1. The van der Waals surface area contributed by atoms with Crippen molar-refractivity contribution < 1.29 is 4.79 Å². The molecule has 1 aliphatic heterocycles. The smallest absolute Gasteiger partial charge is 0.223 e. The molecule has 1 atom stereocenters. The maximum atomic E-state index is 12.4. The van der Waals surface area contributed by atoms with E-state index in [9.17, 15) is 4.79 Å². The second-order valence-corrected chi connectivity index (χ2v) is 6.44. The zero-order chi connectivity index (χ0) is 15.4. The monoisotopic (exact) mass is 292 g/mol. The van der Waals surface area contributed by atoms with Gasteiger partial charge in [0.05, 0.1) is 0 Å². The first-order valence-electron chi connectivity index (χ1n) is 7.95. The standard InChI is InChI=1S/C16H28N4O/c1-13(2)20-11-9-17-15(20)7-8-16(21)19-10-5-6-14(12-19)18(3)4/h9,11,13-14H,5-8,10,12H2,1-4H3/t14-/m0/s1. The molecule has 1 aromatic heterocycles. The van der Waals surface area contributed by atoms with Crippen molar-refractivity contribution in [1.29, 1.82) is 0 Å². The minimum absolute atomic E-state index is 0.264. The number of hydrogen-bond acceptors (Lipinski definition) is 3. The van der Waals surface area contributed by atoms with Crippen molar-refractivity contribution >= 4 is 5.91 Å². The van der Waals surface area contributed by atoms with E-state index < -0.39 is 0 Å². The summed E-state index contributed by atoms with van der Waals surface area (Å²) < 4.78 is 2.14. The molecule has 2 heterocycles. The van der Waals surface area contributed by atoms with Gasteiger partial charge in [-0.15, -0.1) is 0 Å². The molecule has 2 rings (SSSR count). The van der Waals surface area contributed by atoms with Gasteiger partial charge in [-0.2, -0.15) is 0 Å². The molecule has 1 aliphatic rings. The van der Waals surface area contributed by atoms with Crippen LogP contribution in [0.15, 0.2) is 12.4 Å². The lowest BCUT2D eigenvalue weighted by molar-refractivity contribution is -0.133. The molecule has 5 heteroatoms. The van der Waals surface area contributed by atoms with E-state index in [1.54, 1.807) is 0 Å². The van der Waals surface area contributed by atoms with Crippen LogP contribution >= 0.6 is 0 Å². The molecule has 21 heavy (non-hydrogen) atoms. The van der Waals surface area contributed by atoms with Crippen LogP contribution in [0.3, 0.4) is 0 Å². The number of nitrogens with zero attached hydrogens (tertiary/aromatic N) is 4. The summed E-state index contributed by atoms with van der Waals surface area (Å²) in [6, 6.07) is 0.895. The van der Waals surface area contributed by atoms with E-state index in [-0.39, 0.29) is 5.91 Å². The van der Waals surface area contributed by atoms with Crippen LogP contribution in [0, 0.1) is 0 Å². The van der Waals surface area contributed by atoms with Gasteiger partial charge in [-0.1, -0.05) is 0 Å². The number of hydrogen-bond donors (Lipinski definition) is 0. The molecule has 118 valence electrons. The van der Waals surface area contributed by atoms with E-state index in [2.05, 4.69) is 42.4 Å². The van der Waals surface area contributed by atoms with Crippen molar-refractivity contribution in [3.05, 3.63) is 18.2 Å². The Morgan fingerprint density at radius 2 is 2.24 bits per heavy atom. The average Bonchev–Trinajstić information content (AvgIpc) is 2.93.